The van der Waals surface area contributed by atoms with Crippen LogP contribution in [-0.2, 0) is 0 Å². The molecule has 0 amide bonds. The van der Waals surface area contributed by atoms with E-state index in [1.54, 1.807) is 14.0 Å². The van der Waals surface area contributed by atoms with Gasteiger partial charge in [-0.1, -0.05) is 0 Å². The lowest BCUT2D eigenvalue weighted by atomic mass is 9.85. The predicted molar refractivity (Wildman–Crippen MR) is 40.7 cm³/mol. The summed E-state index contributed by atoms with van der Waals surface area (Å²) in [6.07, 6.45) is 1.35. The smallest absolute Gasteiger partial charge is 0.422 e. The van der Waals surface area contributed by atoms with Crippen LogP contribution in [0.2, 0.25) is 0 Å². The molecule has 0 aliphatic heterocycles. The van der Waals surface area contributed by atoms with E-state index in [0.717, 1.165) is 0 Å². The Bertz CT molecular complexity index is 156. The van der Waals surface area contributed by atoms with Crippen LogP contribution in [0.15, 0.2) is 11.7 Å². The highest BCUT2D eigenvalue weighted by atomic mass is 16.4. The van der Waals surface area contributed by atoms with Gasteiger partial charge in [-0.2, -0.15) is 0 Å². The molecule has 0 aliphatic rings. The van der Waals surface area contributed by atoms with Crippen molar-refractivity contribution in [1.29, 1.82) is 5.41 Å². The van der Waals surface area contributed by atoms with E-state index >= 15 is 0 Å². The number of nitrogens with one attached hydrogen (secondary N) is 2. The Morgan fingerprint density at radius 2 is 2.10 bits per heavy atom. The minimum absolute atomic E-state index is 0.229. The first-order valence-electron chi connectivity index (χ1n) is 2.88. The molecule has 0 aromatic rings. The first kappa shape index (κ1) is 9.19. The van der Waals surface area contributed by atoms with E-state index in [4.69, 9.17) is 15.5 Å². The Balaban J connectivity index is 4.18. The van der Waals surface area contributed by atoms with Crippen LogP contribution >= 0.6 is 0 Å². The highest BCUT2D eigenvalue weighted by Crippen LogP contribution is 1.89. The molecule has 0 aromatic carbocycles. The molecule has 0 saturated carbocycles. The van der Waals surface area contributed by atoms with Crippen LogP contribution < -0.4 is 5.32 Å². The predicted octanol–water partition coefficient (Wildman–Crippen LogP) is -0.859. The van der Waals surface area contributed by atoms with Crippen molar-refractivity contribution in [1.82, 2.24) is 5.32 Å². The Morgan fingerprint density at radius 3 is 2.20 bits per heavy atom. The topological polar surface area (TPSA) is 76.3 Å². The minimum atomic E-state index is -1.52. The summed E-state index contributed by atoms with van der Waals surface area (Å²) in [6.45, 7) is 1.56. The molecule has 4 nitrogen and oxygen atoms in total. The van der Waals surface area contributed by atoms with E-state index in [-0.39, 0.29) is 11.3 Å². The highest BCUT2D eigenvalue weighted by molar-refractivity contribution is 6.51. The van der Waals surface area contributed by atoms with Crippen molar-refractivity contribution in [3.8, 4) is 0 Å². The molecule has 0 heterocycles. The molecule has 0 fully saturated rings. The molecule has 0 radical (unpaired) electrons. The van der Waals surface area contributed by atoms with Gasteiger partial charge in [0.25, 0.3) is 0 Å². The zero-order valence-corrected chi connectivity index (χ0v) is 6.05. The van der Waals surface area contributed by atoms with E-state index in [1.807, 2.05) is 0 Å². The second kappa shape index (κ2) is 4.08. The molecule has 0 aliphatic carbocycles. The zero-order chi connectivity index (χ0) is 8.15. The van der Waals surface area contributed by atoms with Crippen molar-refractivity contribution in [2.45, 2.75) is 6.92 Å². The molecular formula is C5H11BN2O2. The lowest BCUT2D eigenvalue weighted by molar-refractivity contribution is 0.415. The molecule has 0 spiro atoms. The number of allylic oxidation sites excluding steroid dienone is 1. The van der Waals surface area contributed by atoms with Gasteiger partial charge in [-0.25, -0.2) is 0 Å². The first-order chi connectivity index (χ1) is 4.57. The maximum atomic E-state index is 8.59. The largest absolute Gasteiger partial charge is 0.505 e. The number of hydrogen-bond acceptors (Lipinski definition) is 4. The van der Waals surface area contributed by atoms with Crippen LogP contribution in [0.5, 0.6) is 0 Å². The molecule has 0 aromatic heterocycles. The maximum absolute atomic E-state index is 8.59. The standard InChI is InChI=1S/C5H11BN2O2/c1-4(7)3-5(8-2)6(9)10/h3,7-10H,1-2H3/b5-3-,7-4?. The van der Waals surface area contributed by atoms with Gasteiger partial charge in [-0.3, -0.25) is 0 Å². The highest BCUT2D eigenvalue weighted by Gasteiger charge is 2.11. The summed E-state index contributed by atoms with van der Waals surface area (Å²) >= 11 is 0. The molecule has 0 atom stereocenters. The molecule has 5 heteroatoms. The third kappa shape index (κ3) is 3.27. The monoisotopic (exact) mass is 142 g/mol. The van der Waals surface area contributed by atoms with E-state index in [2.05, 4.69) is 5.32 Å². The van der Waals surface area contributed by atoms with Crippen LogP contribution in [0.4, 0.5) is 0 Å². The summed E-state index contributed by atoms with van der Waals surface area (Å²) in [5.41, 5.74) is 0.505. The van der Waals surface area contributed by atoms with Gasteiger partial charge in [0.1, 0.15) is 0 Å². The maximum Gasteiger partial charge on any atom is 0.505 e. The van der Waals surface area contributed by atoms with Crippen molar-refractivity contribution in [3.05, 3.63) is 11.7 Å². The fourth-order valence-corrected chi connectivity index (χ4v) is 0.509. The third-order valence-corrected chi connectivity index (χ3v) is 0.939. The van der Waals surface area contributed by atoms with Gasteiger partial charge >= 0.3 is 7.12 Å². The fourth-order valence-electron chi connectivity index (χ4n) is 0.509. The van der Waals surface area contributed by atoms with E-state index in [0.29, 0.717) is 0 Å². The average Bonchev–Trinajstić information content (AvgIpc) is 1.81. The molecule has 0 unspecified atom stereocenters. The van der Waals surface area contributed by atoms with Crippen molar-refractivity contribution in [3.63, 3.8) is 0 Å². The summed E-state index contributed by atoms with van der Waals surface area (Å²) in [7, 11) is 0.0408. The summed E-state index contributed by atoms with van der Waals surface area (Å²) in [4.78, 5) is 0. The van der Waals surface area contributed by atoms with Crippen LogP contribution in [0.3, 0.4) is 0 Å². The molecule has 10 heavy (non-hydrogen) atoms. The van der Waals surface area contributed by atoms with Gasteiger partial charge in [0, 0.05) is 18.4 Å². The second-order valence-corrected chi connectivity index (χ2v) is 1.91. The first-order valence-corrected chi connectivity index (χ1v) is 2.88. The zero-order valence-electron chi connectivity index (χ0n) is 6.05. The van der Waals surface area contributed by atoms with Crippen molar-refractivity contribution in [2.75, 3.05) is 7.05 Å². The molecule has 4 N–H and O–H groups in total. The van der Waals surface area contributed by atoms with E-state index in [9.17, 15) is 0 Å². The van der Waals surface area contributed by atoms with Crippen molar-refractivity contribution < 1.29 is 10.0 Å². The van der Waals surface area contributed by atoms with Crippen LogP contribution in [0.25, 0.3) is 0 Å². The Labute approximate surface area is 60.2 Å². The van der Waals surface area contributed by atoms with Gasteiger partial charge in [0.2, 0.25) is 0 Å². The SMILES string of the molecule is CN/C(=C\C(C)=N)B(O)O. The summed E-state index contributed by atoms with van der Waals surface area (Å²) in [5, 5.41) is 26.7. The van der Waals surface area contributed by atoms with Gasteiger partial charge in [0.15, 0.2) is 0 Å². The van der Waals surface area contributed by atoms with Crippen LogP contribution in [0, 0.1) is 5.41 Å². The van der Waals surface area contributed by atoms with Gasteiger partial charge < -0.3 is 20.8 Å². The quantitative estimate of drug-likeness (QED) is 0.306. The van der Waals surface area contributed by atoms with Gasteiger partial charge in [0.05, 0.1) is 0 Å². The molecule has 0 saturated heterocycles. The Kier molecular flexibility index (Phi) is 3.75. The van der Waals surface area contributed by atoms with Gasteiger partial charge in [-0.05, 0) is 13.0 Å². The lowest BCUT2D eigenvalue weighted by Gasteiger charge is -2.03. The lowest BCUT2D eigenvalue weighted by Crippen LogP contribution is -2.25. The van der Waals surface area contributed by atoms with E-state index < -0.39 is 7.12 Å². The summed E-state index contributed by atoms with van der Waals surface area (Å²) < 4.78 is 0. The summed E-state index contributed by atoms with van der Waals surface area (Å²) in [5.74, 6) is 0. The van der Waals surface area contributed by atoms with Crippen LogP contribution in [0.1, 0.15) is 6.92 Å². The molecule has 0 bridgehead atoms. The van der Waals surface area contributed by atoms with Crippen LogP contribution in [-0.4, -0.2) is 29.9 Å². The molecule has 0 rings (SSSR count). The second-order valence-electron chi connectivity index (χ2n) is 1.91. The summed E-state index contributed by atoms with van der Waals surface area (Å²) in [6, 6.07) is 0. The molecule has 56 valence electrons. The van der Waals surface area contributed by atoms with E-state index in [1.165, 1.54) is 6.08 Å². The third-order valence-electron chi connectivity index (χ3n) is 0.939. The normalized spacial score (nSPS) is 11.0. The van der Waals surface area contributed by atoms with Crippen molar-refractivity contribution >= 4 is 12.8 Å². The average molecular weight is 142 g/mol. The Morgan fingerprint density at radius 1 is 1.60 bits per heavy atom. The minimum Gasteiger partial charge on any atom is -0.422 e. The fraction of sp³-hybridized carbons (Fsp3) is 0.400. The van der Waals surface area contributed by atoms with Crippen molar-refractivity contribution in [2.24, 2.45) is 0 Å². The van der Waals surface area contributed by atoms with Gasteiger partial charge in [-0.15, -0.1) is 0 Å². The Hall–Kier alpha value is -0.805. The number of rotatable bonds is 3. The number of hydrogen-bond donors (Lipinski definition) is 4. The molecular weight excluding hydrogens is 131 g/mol.